The van der Waals surface area contributed by atoms with Crippen LogP contribution in [-0.2, 0) is 9.59 Å². The molecule has 1 amide bonds. The van der Waals surface area contributed by atoms with Crippen LogP contribution in [0, 0.1) is 10.1 Å². The van der Waals surface area contributed by atoms with E-state index in [-0.39, 0.29) is 45.6 Å². The van der Waals surface area contributed by atoms with E-state index in [9.17, 15) is 24.5 Å². The lowest BCUT2D eigenvalue weighted by Crippen LogP contribution is -2.34. The topological polar surface area (TPSA) is 148 Å². The van der Waals surface area contributed by atoms with Gasteiger partial charge in [-0.3, -0.25) is 19.7 Å². The van der Waals surface area contributed by atoms with E-state index in [1.54, 1.807) is 0 Å². The van der Waals surface area contributed by atoms with Crippen molar-refractivity contribution in [3.8, 4) is 5.75 Å². The average Bonchev–Trinajstić information content (AvgIpc) is 2.70. The largest absolute Gasteiger partial charge is 0.481 e. The lowest BCUT2D eigenvalue weighted by Gasteiger charge is -2.15. The molecule has 0 spiro atoms. The number of carbonyl (C=O) groups excluding carboxylic acids is 2. The van der Waals surface area contributed by atoms with Crippen molar-refractivity contribution in [3.63, 3.8) is 0 Å². The number of nitro groups is 1. The molecule has 2 rings (SSSR count). The Morgan fingerprint density at radius 1 is 1.23 bits per heavy atom. The predicted octanol–water partition coefficient (Wildman–Crippen LogP) is 3.47. The third kappa shape index (κ3) is 6.41. The Morgan fingerprint density at radius 3 is 2.57 bits per heavy atom. The SMILES string of the molecule is O=C[C@H](CCC(=O)O)NOc1ccc(Cl)cc1C(=O)Nc1ccc([N+](=O)[O-])cc1Cl. The molecule has 10 nitrogen and oxygen atoms in total. The van der Waals surface area contributed by atoms with Crippen molar-refractivity contribution in [2.45, 2.75) is 18.9 Å². The molecule has 2 aromatic carbocycles. The van der Waals surface area contributed by atoms with E-state index in [4.69, 9.17) is 33.1 Å². The van der Waals surface area contributed by atoms with Gasteiger partial charge in [-0.2, -0.15) is 0 Å². The maximum atomic E-state index is 12.7. The molecule has 0 aromatic heterocycles. The van der Waals surface area contributed by atoms with Crippen LogP contribution in [0.5, 0.6) is 5.75 Å². The second-order valence-electron chi connectivity index (χ2n) is 5.91. The van der Waals surface area contributed by atoms with Crippen LogP contribution in [0.2, 0.25) is 10.0 Å². The van der Waals surface area contributed by atoms with E-state index in [1.165, 1.54) is 30.3 Å². The van der Waals surface area contributed by atoms with E-state index in [2.05, 4.69) is 10.8 Å². The number of anilines is 1. The Labute approximate surface area is 179 Å². The third-order valence-electron chi connectivity index (χ3n) is 3.75. The quantitative estimate of drug-likeness (QED) is 0.280. The molecule has 0 saturated heterocycles. The van der Waals surface area contributed by atoms with Crippen molar-refractivity contribution in [1.82, 2.24) is 5.48 Å². The minimum atomic E-state index is -1.07. The predicted molar refractivity (Wildman–Crippen MR) is 108 cm³/mol. The lowest BCUT2D eigenvalue weighted by atomic mass is 10.1. The number of non-ortho nitro benzene ring substituents is 1. The van der Waals surface area contributed by atoms with Crippen LogP contribution in [0.1, 0.15) is 23.2 Å². The maximum absolute atomic E-state index is 12.7. The first-order valence-electron chi connectivity index (χ1n) is 8.35. The Kier molecular flexibility index (Phi) is 8.10. The zero-order valence-electron chi connectivity index (χ0n) is 15.1. The van der Waals surface area contributed by atoms with E-state index < -0.39 is 22.8 Å². The average molecular weight is 456 g/mol. The number of hydrogen-bond acceptors (Lipinski definition) is 7. The normalized spacial score (nSPS) is 11.4. The molecule has 3 N–H and O–H groups in total. The molecule has 0 heterocycles. The van der Waals surface area contributed by atoms with Crippen LogP contribution in [0.4, 0.5) is 11.4 Å². The highest BCUT2D eigenvalue weighted by atomic mass is 35.5. The number of aldehydes is 1. The van der Waals surface area contributed by atoms with Gasteiger partial charge in [0.25, 0.3) is 11.6 Å². The molecule has 0 unspecified atom stereocenters. The number of nitrogens with zero attached hydrogens (tertiary/aromatic N) is 1. The second-order valence-corrected chi connectivity index (χ2v) is 6.75. The molecular formula is C18H15Cl2N3O7. The number of nitrogens with one attached hydrogen (secondary N) is 2. The Bertz CT molecular complexity index is 984. The molecule has 30 heavy (non-hydrogen) atoms. The van der Waals surface area contributed by atoms with E-state index >= 15 is 0 Å². The minimum Gasteiger partial charge on any atom is -0.481 e. The first-order chi connectivity index (χ1) is 14.2. The second kappa shape index (κ2) is 10.5. The van der Waals surface area contributed by atoms with Crippen LogP contribution in [0.25, 0.3) is 0 Å². The Morgan fingerprint density at radius 2 is 1.97 bits per heavy atom. The highest BCUT2D eigenvalue weighted by molar-refractivity contribution is 6.34. The first-order valence-corrected chi connectivity index (χ1v) is 9.11. The summed E-state index contributed by atoms with van der Waals surface area (Å²) < 4.78 is 0. The number of amides is 1. The highest BCUT2D eigenvalue weighted by Crippen LogP contribution is 2.29. The zero-order chi connectivity index (χ0) is 22.3. The van der Waals surface area contributed by atoms with Crippen molar-refractivity contribution < 1.29 is 29.3 Å². The Hall–Kier alpha value is -3.21. The van der Waals surface area contributed by atoms with Gasteiger partial charge in [0, 0.05) is 23.6 Å². The number of nitro benzene ring substituents is 1. The summed E-state index contributed by atoms with van der Waals surface area (Å²) in [6.45, 7) is 0. The molecule has 1 atom stereocenters. The fraction of sp³-hybridized carbons (Fsp3) is 0.167. The van der Waals surface area contributed by atoms with Gasteiger partial charge in [-0.25, -0.2) is 0 Å². The molecule has 0 bridgehead atoms. The molecule has 158 valence electrons. The number of hydrogen-bond donors (Lipinski definition) is 3. The number of benzene rings is 2. The number of carbonyl (C=O) groups is 3. The number of carboxylic acids is 1. The van der Waals surface area contributed by atoms with Crippen LogP contribution in [0.3, 0.4) is 0 Å². The molecule has 0 fully saturated rings. The summed E-state index contributed by atoms with van der Waals surface area (Å²) in [5.41, 5.74) is 2.26. The zero-order valence-corrected chi connectivity index (χ0v) is 16.6. The summed E-state index contributed by atoms with van der Waals surface area (Å²) in [5, 5.41) is 22.2. The van der Waals surface area contributed by atoms with Gasteiger partial charge in [0.2, 0.25) is 0 Å². The van der Waals surface area contributed by atoms with Gasteiger partial charge in [0.05, 0.1) is 27.2 Å². The standard InChI is InChI=1S/C18H15Cl2N3O7/c19-10-1-5-16(30-22-11(9-24)2-6-17(25)26)13(7-10)18(27)21-15-4-3-12(23(28)29)8-14(15)20/h1,3-5,7-9,11,22H,2,6H2,(H,21,27)(H,25,26)/t11-/m0/s1. The molecule has 0 radical (unpaired) electrons. The van der Waals surface area contributed by atoms with Gasteiger partial charge in [-0.05, 0) is 30.7 Å². The van der Waals surface area contributed by atoms with Crippen molar-refractivity contribution in [1.29, 1.82) is 0 Å². The van der Waals surface area contributed by atoms with Gasteiger partial charge >= 0.3 is 5.97 Å². The summed E-state index contributed by atoms with van der Waals surface area (Å²) in [4.78, 5) is 49.8. The van der Waals surface area contributed by atoms with Gasteiger partial charge in [0.15, 0.2) is 5.75 Å². The lowest BCUT2D eigenvalue weighted by molar-refractivity contribution is -0.384. The number of aliphatic carboxylic acids is 1. The van der Waals surface area contributed by atoms with E-state index in [0.29, 0.717) is 6.29 Å². The molecule has 0 aliphatic rings. The Balaban J connectivity index is 2.17. The fourth-order valence-corrected chi connectivity index (χ4v) is 2.64. The molecule has 12 heteroatoms. The molecular weight excluding hydrogens is 441 g/mol. The van der Waals surface area contributed by atoms with Crippen molar-refractivity contribution in [2.24, 2.45) is 0 Å². The summed E-state index contributed by atoms with van der Waals surface area (Å²) >= 11 is 11.9. The minimum absolute atomic E-state index is 0.0112. The maximum Gasteiger partial charge on any atom is 0.303 e. The van der Waals surface area contributed by atoms with Crippen LogP contribution in [-0.4, -0.2) is 34.2 Å². The van der Waals surface area contributed by atoms with Crippen LogP contribution in [0.15, 0.2) is 36.4 Å². The summed E-state index contributed by atoms with van der Waals surface area (Å²) in [6.07, 6.45) is 0.202. The van der Waals surface area contributed by atoms with Crippen LogP contribution < -0.4 is 15.6 Å². The van der Waals surface area contributed by atoms with Crippen molar-refractivity contribution >= 4 is 52.7 Å². The fourth-order valence-electron chi connectivity index (χ4n) is 2.25. The monoisotopic (exact) mass is 455 g/mol. The van der Waals surface area contributed by atoms with Crippen LogP contribution >= 0.6 is 23.2 Å². The molecule has 2 aromatic rings. The number of hydroxylamine groups is 1. The molecule has 0 saturated carbocycles. The van der Waals surface area contributed by atoms with E-state index in [1.807, 2.05) is 0 Å². The third-order valence-corrected chi connectivity index (χ3v) is 4.30. The number of halogens is 2. The number of rotatable bonds is 10. The number of carboxylic acid groups (broad SMARTS) is 1. The van der Waals surface area contributed by atoms with Gasteiger partial charge in [-0.15, -0.1) is 5.48 Å². The molecule has 0 aliphatic carbocycles. The van der Waals surface area contributed by atoms with Gasteiger partial charge < -0.3 is 20.1 Å². The molecule has 0 aliphatic heterocycles. The first kappa shape index (κ1) is 23.1. The van der Waals surface area contributed by atoms with Crippen molar-refractivity contribution in [2.75, 3.05) is 5.32 Å². The smallest absolute Gasteiger partial charge is 0.303 e. The van der Waals surface area contributed by atoms with E-state index in [0.717, 1.165) is 6.07 Å². The highest BCUT2D eigenvalue weighted by Gasteiger charge is 2.18. The van der Waals surface area contributed by atoms with Gasteiger partial charge in [0.1, 0.15) is 6.29 Å². The summed E-state index contributed by atoms with van der Waals surface area (Å²) in [7, 11) is 0. The summed E-state index contributed by atoms with van der Waals surface area (Å²) in [6, 6.07) is 6.75. The van der Waals surface area contributed by atoms with Gasteiger partial charge in [-0.1, -0.05) is 23.2 Å². The van der Waals surface area contributed by atoms with Crippen molar-refractivity contribution in [3.05, 3.63) is 62.1 Å². The summed E-state index contributed by atoms with van der Waals surface area (Å²) in [5.74, 6) is -1.74.